The lowest BCUT2D eigenvalue weighted by Gasteiger charge is -2.45. The number of fused-ring (bicyclic) bond motifs is 1. The standard InChI is InChI=1S/C39H35FN6O4S/c1-26-25-45-37(50-26)34(24-43-45)51(41,48)46(38(47)44-36-27(2)33(40)20-19-32(36)28-21-22-42-35(23-28)49-3)39(29-13-7-4-8-14-29,30-15-9-5-10-16-30)31-17-11-6-12-18-31/h4-24,26,41H,25H2,1-3H3,(H,44,47). The molecule has 0 saturated carbocycles. The molecule has 0 fully saturated rings. The summed E-state index contributed by atoms with van der Waals surface area (Å²) in [5.74, 6) is -0.0940. The summed E-state index contributed by atoms with van der Waals surface area (Å²) in [5.41, 5.74) is 1.33. The van der Waals surface area contributed by atoms with E-state index in [0.717, 1.165) is 4.31 Å². The van der Waals surface area contributed by atoms with Crippen LogP contribution in [0.5, 0.6) is 11.8 Å². The summed E-state index contributed by atoms with van der Waals surface area (Å²) in [6, 6.07) is 32.8. The van der Waals surface area contributed by atoms with Gasteiger partial charge in [-0.2, -0.15) is 5.10 Å². The Bertz CT molecular complexity index is 2220. The summed E-state index contributed by atoms with van der Waals surface area (Å²) in [4.78, 5) is 19.6. The third-order valence-corrected chi connectivity index (χ3v) is 10.8. The van der Waals surface area contributed by atoms with Gasteiger partial charge in [-0.1, -0.05) is 91.0 Å². The van der Waals surface area contributed by atoms with Gasteiger partial charge in [0.1, 0.15) is 22.4 Å². The molecule has 4 aromatic carbocycles. The summed E-state index contributed by atoms with van der Waals surface area (Å²) >= 11 is 0. The maximum atomic E-state index is 15.7. The van der Waals surface area contributed by atoms with Crippen LogP contribution in [0.15, 0.2) is 133 Å². The molecule has 2 atom stereocenters. The molecular formula is C39H35FN6O4S. The average molecular weight is 703 g/mol. The largest absolute Gasteiger partial charge is 0.481 e. The number of carbonyl (C=O) groups excluding carboxylic acids is 1. The van der Waals surface area contributed by atoms with Gasteiger partial charge in [-0.3, -0.25) is 0 Å². The molecule has 2 N–H and O–H groups in total. The number of carbonyl (C=O) groups is 1. The van der Waals surface area contributed by atoms with Gasteiger partial charge >= 0.3 is 6.03 Å². The zero-order valence-corrected chi connectivity index (χ0v) is 28.9. The van der Waals surface area contributed by atoms with Crippen LogP contribution in [0.4, 0.5) is 14.9 Å². The molecule has 6 aromatic rings. The van der Waals surface area contributed by atoms with Gasteiger partial charge < -0.3 is 14.8 Å². The molecule has 0 saturated heterocycles. The molecule has 2 unspecified atom stereocenters. The Morgan fingerprint density at radius 1 is 0.980 bits per heavy atom. The van der Waals surface area contributed by atoms with Crippen LogP contribution in [-0.2, 0) is 22.0 Å². The van der Waals surface area contributed by atoms with E-state index in [1.165, 1.54) is 19.4 Å². The van der Waals surface area contributed by atoms with E-state index in [-0.39, 0.29) is 28.1 Å². The first kappa shape index (κ1) is 33.5. The highest BCUT2D eigenvalue weighted by Crippen LogP contribution is 2.47. The molecule has 2 amide bonds. The molecule has 258 valence electrons. The van der Waals surface area contributed by atoms with Gasteiger partial charge in [-0.15, -0.1) is 0 Å². The second-order valence-electron chi connectivity index (χ2n) is 12.2. The number of nitrogens with zero attached hydrogens (tertiary/aromatic N) is 4. The van der Waals surface area contributed by atoms with Crippen molar-refractivity contribution >= 4 is 21.6 Å². The minimum atomic E-state index is -4.35. The highest BCUT2D eigenvalue weighted by atomic mass is 32.2. The number of pyridine rings is 1. The third-order valence-electron chi connectivity index (χ3n) is 9.01. The molecule has 0 bridgehead atoms. The minimum absolute atomic E-state index is 0.0655. The molecule has 0 aliphatic carbocycles. The number of amides is 2. The Morgan fingerprint density at radius 3 is 2.14 bits per heavy atom. The monoisotopic (exact) mass is 702 g/mol. The fraction of sp³-hybridized carbons (Fsp3) is 0.154. The summed E-state index contributed by atoms with van der Waals surface area (Å²) < 4.78 is 55.0. The van der Waals surface area contributed by atoms with Crippen LogP contribution < -0.4 is 14.8 Å². The number of methoxy groups -OCH3 is 1. The van der Waals surface area contributed by atoms with Gasteiger partial charge in [0, 0.05) is 23.4 Å². The molecule has 3 heterocycles. The number of anilines is 1. The maximum absolute atomic E-state index is 15.7. The summed E-state index contributed by atoms with van der Waals surface area (Å²) in [5, 5.41) is 7.34. The van der Waals surface area contributed by atoms with Crippen molar-refractivity contribution in [2.24, 2.45) is 0 Å². The van der Waals surface area contributed by atoms with Gasteiger partial charge in [-0.05, 0) is 54.3 Å². The average Bonchev–Trinajstić information content (AvgIpc) is 3.73. The van der Waals surface area contributed by atoms with Crippen molar-refractivity contribution in [1.82, 2.24) is 19.1 Å². The molecule has 1 aliphatic rings. The predicted octanol–water partition coefficient (Wildman–Crippen LogP) is 8.03. The molecule has 12 heteroatoms. The van der Waals surface area contributed by atoms with Crippen LogP contribution in [0.25, 0.3) is 11.1 Å². The van der Waals surface area contributed by atoms with Gasteiger partial charge in [-0.25, -0.2) is 32.1 Å². The number of benzene rings is 4. The Hall–Kier alpha value is -6.01. The van der Waals surface area contributed by atoms with E-state index in [4.69, 9.17) is 9.47 Å². The van der Waals surface area contributed by atoms with Crippen LogP contribution in [0.3, 0.4) is 0 Å². The first-order valence-corrected chi connectivity index (χ1v) is 17.8. The van der Waals surface area contributed by atoms with Crippen LogP contribution in [-0.4, -0.2) is 42.5 Å². The van der Waals surface area contributed by atoms with E-state index in [2.05, 4.69) is 15.4 Å². The molecule has 2 aromatic heterocycles. The molecule has 1 aliphatic heterocycles. The van der Waals surface area contributed by atoms with E-state index in [1.807, 2.05) is 97.9 Å². The molecule has 0 radical (unpaired) electrons. The number of ether oxygens (including phenoxy) is 2. The zero-order valence-electron chi connectivity index (χ0n) is 28.1. The Balaban J connectivity index is 1.53. The van der Waals surface area contributed by atoms with Crippen LogP contribution >= 0.6 is 0 Å². The second kappa shape index (κ2) is 13.4. The first-order valence-electron chi connectivity index (χ1n) is 16.2. The summed E-state index contributed by atoms with van der Waals surface area (Å²) in [7, 11) is -2.86. The van der Waals surface area contributed by atoms with Crippen molar-refractivity contribution in [3.63, 3.8) is 0 Å². The molecular weight excluding hydrogens is 668 g/mol. The van der Waals surface area contributed by atoms with Crippen molar-refractivity contribution in [3.05, 3.63) is 156 Å². The molecule has 7 rings (SSSR count). The smallest absolute Gasteiger partial charge is 0.336 e. The summed E-state index contributed by atoms with van der Waals surface area (Å²) in [6.07, 6.45) is 2.58. The highest BCUT2D eigenvalue weighted by molar-refractivity contribution is 7.90. The number of aromatic nitrogens is 3. The summed E-state index contributed by atoms with van der Waals surface area (Å²) in [6.45, 7) is 3.78. The number of halogens is 1. The van der Waals surface area contributed by atoms with Gasteiger partial charge in [0.2, 0.25) is 11.8 Å². The minimum Gasteiger partial charge on any atom is -0.481 e. The first-order chi connectivity index (χ1) is 24.7. The van der Waals surface area contributed by atoms with Crippen molar-refractivity contribution in [1.29, 1.82) is 4.78 Å². The lowest BCUT2D eigenvalue weighted by Crippen LogP contribution is -2.55. The fourth-order valence-electron chi connectivity index (χ4n) is 6.65. The van der Waals surface area contributed by atoms with Crippen molar-refractivity contribution in [2.75, 3.05) is 12.4 Å². The maximum Gasteiger partial charge on any atom is 0.336 e. The lowest BCUT2D eigenvalue weighted by atomic mass is 9.77. The number of hydrogen-bond acceptors (Lipinski definition) is 7. The number of urea groups is 1. The highest BCUT2D eigenvalue weighted by Gasteiger charge is 2.51. The molecule has 51 heavy (non-hydrogen) atoms. The molecule has 0 spiro atoms. The topological polar surface area (TPSA) is 122 Å². The van der Waals surface area contributed by atoms with Crippen molar-refractivity contribution < 1.29 is 22.9 Å². The van der Waals surface area contributed by atoms with E-state index in [9.17, 15) is 4.78 Å². The normalized spacial score (nSPS) is 14.9. The van der Waals surface area contributed by atoms with E-state index >= 15 is 13.4 Å². The van der Waals surface area contributed by atoms with Crippen LogP contribution in [0, 0.1) is 17.5 Å². The Kier molecular flexibility index (Phi) is 8.78. The second-order valence-corrected chi connectivity index (χ2v) is 14.0. The van der Waals surface area contributed by atoms with Gasteiger partial charge in [0.05, 0.1) is 25.5 Å². The number of hydrogen-bond donors (Lipinski definition) is 2. The van der Waals surface area contributed by atoms with Crippen molar-refractivity contribution in [3.8, 4) is 22.9 Å². The lowest BCUT2D eigenvalue weighted by molar-refractivity contribution is 0.217. The van der Waals surface area contributed by atoms with E-state index in [0.29, 0.717) is 40.2 Å². The Labute approximate surface area is 295 Å². The van der Waals surface area contributed by atoms with Gasteiger partial charge in [0.25, 0.3) is 0 Å². The SMILES string of the molecule is COc1cc(-c2ccc(F)c(C)c2NC(=O)N(C(c2ccccc2)(c2ccccc2)c2ccccc2)S(=N)(=O)c2cnn3c2OC(C)C3)ccn1. The quantitative estimate of drug-likeness (QED) is 0.147. The van der Waals surface area contributed by atoms with Crippen molar-refractivity contribution in [2.45, 2.75) is 36.9 Å². The third kappa shape index (κ3) is 5.77. The fourth-order valence-corrected chi connectivity index (χ4v) is 8.41. The van der Waals surface area contributed by atoms with Gasteiger partial charge in [0.15, 0.2) is 9.92 Å². The zero-order chi connectivity index (χ0) is 35.8. The van der Waals surface area contributed by atoms with E-state index < -0.39 is 27.3 Å². The van der Waals surface area contributed by atoms with E-state index in [1.54, 1.807) is 36.0 Å². The van der Waals surface area contributed by atoms with Crippen LogP contribution in [0.2, 0.25) is 0 Å². The Morgan fingerprint density at radius 2 is 1.57 bits per heavy atom. The van der Waals surface area contributed by atoms with Crippen LogP contribution in [0.1, 0.15) is 29.2 Å². The number of rotatable bonds is 9. The predicted molar refractivity (Wildman–Crippen MR) is 192 cm³/mol. The molecule has 10 nitrogen and oxygen atoms in total. The number of nitrogens with one attached hydrogen (secondary N) is 2.